The van der Waals surface area contributed by atoms with Crippen molar-refractivity contribution in [1.29, 1.82) is 0 Å². The zero-order chi connectivity index (χ0) is 18.5. The van der Waals surface area contributed by atoms with E-state index >= 15 is 0 Å². The highest BCUT2D eigenvalue weighted by atomic mass is 32.2. The van der Waals surface area contributed by atoms with Crippen molar-refractivity contribution in [2.24, 2.45) is 10.7 Å². The molecule has 136 valence electrons. The van der Waals surface area contributed by atoms with Crippen LogP contribution in [0.4, 0.5) is 15.9 Å². The minimum atomic E-state index is -0.688. The third kappa shape index (κ3) is 4.35. The van der Waals surface area contributed by atoms with Gasteiger partial charge >= 0.3 is 0 Å². The molecule has 0 bridgehead atoms. The third-order valence-corrected chi connectivity index (χ3v) is 5.55. The van der Waals surface area contributed by atoms with Crippen LogP contribution in [0.15, 0.2) is 53.8 Å². The van der Waals surface area contributed by atoms with Gasteiger partial charge in [-0.2, -0.15) is 0 Å². The number of benzene rings is 1. The molecule has 2 N–H and O–H groups in total. The number of anilines is 1. The van der Waals surface area contributed by atoms with Crippen LogP contribution in [-0.2, 0) is 10.8 Å². The third-order valence-electron chi connectivity index (χ3n) is 4.27. The highest BCUT2D eigenvalue weighted by molar-refractivity contribution is 7.85. The van der Waals surface area contributed by atoms with Crippen LogP contribution < -0.4 is 10.6 Å². The Bertz CT molecular complexity index is 837. The molecule has 1 aromatic carbocycles. The minimum absolute atomic E-state index is 0.395. The van der Waals surface area contributed by atoms with Gasteiger partial charge in [-0.15, -0.1) is 0 Å². The van der Waals surface area contributed by atoms with Crippen molar-refractivity contribution in [2.45, 2.75) is 6.92 Å². The summed E-state index contributed by atoms with van der Waals surface area (Å²) in [6.45, 7) is 3.46. The van der Waals surface area contributed by atoms with E-state index in [1.54, 1.807) is 0 Å². The van der Waals surface area contributed by atoms with E-state index in [1.165, 1.54) is 18.3 Å². The number of halogens is 1. The topological polar surface area (TPSA) is 71.6 Å². The Morgan fingerprint density at radius 1 is 1.23 bits per heavy atom. The summed E-state index contributed by atoms with van der Waals surface area (Å²) in [5.74, 6) is 1.47. The molecule has 1 saturated heterocycles. The van der Waals surface area contributed by atoms with Crippen molar-refractivity contribution >= 4 is 33.6 Å². The fourth-order valence-corrected chi connectivity index (χ4v) is 3.89. The molecule has 26 heavy (non-hydrogen) atoms. The van der Waals surface area contributed by atoms with Crippen LogP contribution in [0.3, 0.4) is 0 Å². The van der Waals surface area contributed by atoms with Crippen molar-refractivity contribution < 1.29 is 8.60 Å². The molecule has 0 radical (unpaired) electrons. The smallest absolute Gasteiger partial charge is 0.152 e. The number of hydrogen-bond donors (Lipinski definition) is 1. The number of nitrogens with two attached hydrogens (primary N) is 1. The predicted molar refractivity (Wildman–Crippen MR) is 106 cm³/mol. The molecule has 1 aliphatic heterocycles. The summed E-state index contributed by atoms with van der Waals surface area (Å²) in [7, 11) is -0.688. The van der Waals surface area contributed by atoms with Gasteiger partial charge in [-0.05, 0) is 36.8 Å². The zero-order valence-electron chi connectivity index (χ0n) is 14.6. The van der Waals surface area contributed by atoms with E-state index in [1.807, 2.05) is 31.2 Å². The van der Waals surface area contributed by atoms with Crippen molar-refractivity contribution in [2.75, 3.05) is 29.5 Å². The van der Waals surface area contributed by atoms with Gasteiger partial charge in [0.05, 0.1) is 6.20 Å². The number of hydrogen-bond acceptors (Lipinski definition) is 5. The zero-order valence-corrected chi connectivity index (χ0v) is 15.4. The quantitative estimate of drug-likeness (QED) is 0.838. The van der Waals surface area contributed by atoms with E-state index in [2.05, 4.69) is 14.9 Å². The molecule has 0 saturated carbocycles. The second kappa shape index (κ2) is 8.23. The van der Waals surface area contributed by atoms with E-state index in [4.69, 9.17) is 5.73 Å². The second-order valence-corrected chi connectivity index (χ2v) is 7.69. The lowest BCUT2D eigenvalue weighted by Crippen LogP contribution is -2.37. The molecule has 7 heteroatoms. The number of aliphatic imine (C=N–C) groups is 1. The number of pyridine rings is 1. The highest BCUT2D eigenvalue weighted by Gasteiger charge is 2.15. The minimum Gasteiger partial charge on any atom is -0.404 e. The maximum absolute atomic E-state index is 13.0. The summed E-state index contributed by atoms with van der Waals surface area (Å²) in [6.07, 6.45) is 2.65. The lowest BCUT2D eigenvalue weighted by Gasteiger charge is -2.28. The largest absolute Gasteiger partial charge is 0.404 e. The SMILES string of the molecule is CC(=Nc1ccc(F)cn1)C(=CN)c1ccc(N2CCS(=O)CC2)cc1. The van der Waals surface area contributed by atoms with Crippen LogP contribution in [0.1, 0.15) is 12.5 Å². The first-order valence-corrected chi connectivity index (χ1v) is 9.85. The molecule has 2 heterocycles. The highest BCUT2D eigenvalue weighted by Crippen LogP contribution is 2.23. The van der Waals surface area contributed by atoms with Crippen LogP contribution in [-0.4, -0.2) is 39.5 Å². The van der Waals surface area contributed by atoms with Crippen LogP contribution in [0.25, 0.3) is 5.57 Å². The molecule has 0 amide bonds. The number of allylic oxidation sites excluding steroid dienone is 1. The van der Waals surface area contributed by atoms with Gasteiger partial charge < -0.3 is 10.6 Å². The molecule has 0 unspecified atom stereocenters. The van der Waals surface area contributed by atoms with Gasteiger partial charge in [-0.25, -0.2) is 14.4 Å². The van der Waals surface area contributed by atoms with E-state index in [0.29, 0.717) is 23.0 Å². The number of rotatable bonds is 4. The first-order valence-electron chi connectivity index (χ1n) is 8.36. The molecule has 1 fully saturated rings. The summed E-state index contributed by atoms with van der Waals surface area (Å²) in [4.78, 5) is 10.6. The summed E-state index contributed by atoms with van der Waals surface area (Å²) in [6, 6.07) is 10.9. The van der Waals surface area contributed by atoms with Crippen LogP contribution in [0.5, 0.6) is 0 Å². The Kier molecular flexibility index (Phi) is 5.78. The molecule has 2 aromatic rings. The summed E-state index contributed by atoms with van der Waals surface area (Å²) >= 11 is 0. The van der Waals surface area contributed by atoms with Gasteiger partial charge in [0.15, 0.2) is 5.82 Å². The van der Waals surface area contributed by atoms with Gasteiger partial charge in [0.1, 0.15) is 5.82 Å². The lowest BCUT2D eigenvalue weighted by atomic mass is 10.0. The first kappa shape index (κ1) is 18.3. The second-order valence-electron chi connectivity index (χ2n) is 5.99. The lowest BCUT2D eigenvalue weighted by molar-refractivity contribution is 0.621. The number of aromatic nitrogens is 1. The van der Waals surface area contributed by atoms with E-state index in [-0.39, 0.29) is 0 Å². The Labute approximate surface area is 154 Å². The van der Waals surface area contributed by atoms with Crippen molar-refractivity contribution in [3.63, 3.8) is 0 Å². The molecule has 3 rings (SSSR count). The standard InChI is InChI=1S/C19H21FN4OS/c1-14(23-19-7-4-16(20)13-22-19)18(12-21)15-2-5-17(6-3-15)24-8-10-26(25)11-9-24/h2-7,12-13H,8-11,21H2,1H3. The Morgan fingerprint density at radius 2 is 1.92 bits per heavy atom. The Morgan fingerprint density at radius 3 is 2.50 bits per heavy atom. The summed E-state index contributed by atoms with van der Waals surface area (Å²) in [5.41, 5.74) is 9.36. The monoisotopic (exact) mass is 372 g/mol. The summed E-state index contributed by atoms with van der Waals surface area (Å²) < 4.78 is 24.5. The van der Waals surface area contributed by atoms with Gasteiger partial charge in [0, 0.05) is 58.6 Å². The average molecular weight is 372 g/mol. The summed E-state index contributed by atoms with van der Waals surface area (Å²) in [5, 5.41) is 0. The maximum atomic E-state index is 13.0. The van der Waals surface area contributed by atoms with E-state index < -0.39 is 16.6 Å². The molecule has 0 aliphatic carbocycles. The number of nitrogens with zero attached hydrogens (tertiary/aromatic N) is 3. The molecule has 1 aromatic heterocycles. The molecule has 5 nitrogen and oxygen atoms in total. The average Bonchev–Trinajstić information content (AvgIpc) is 2.65. The molecule has 1 aliphatic rings. The van der Waals surface area contributed by atoms with Crippen LogP contribution in [0.2, 0.25) is 0 Å². The van der Waals surface area contributed by atoms with Gasteiger partial charge in [-0.3, -0.25) is 4.21 Å². The van der Waals surface area contributed by atoms with Gasteiger partial charge in [0.2, 0.25) is 0 Å². The van der Waals surface area contributed by atoms with Gasteiger partial charge in [-0.1, -0.05) is 12.1 Å². The van der Waals surface area contributed by atoms with Gasteiger partial charge in [0.25, 0.3) is 0 Å². The molecule has 0 atom stereocenters. The normalized spacial score (nSPS) is 16.8. The molecule has 0 spiro atoms. The Balaban J connectivity index is 1.77. The van der Waals surface area contributed by atoms with Crippen LogP contribution in [0, 0.1) is 5.82 Å². The first-order chi connectivity index (χ1) is 12.6. The van der Waals surface area contributed by atoms with Crippen molar-refractivity contribution in [3.05, 3.63) is 60.2 Å². The van der Waals surface area contributed by atoms with Crippen molar-refractivity contribution in [1.82, 2.24) is 4.98 Å². The van der Waals surface area contributed by atoms with E-state index in [0.717, 1.165) is 36.1 Å². The van der Waals surface area contributed by atoms with Crippen molar-refractivity contribution in [3.8, 4) is 0 Å². The predicted octanol–water partition coefficient (Wildman–Crippen LogP) is 2.88. The van der Waals surface area contributed by atoms with Crippen LogP contribution >= 0.6 is 0 Å². The molecular weight excluding hydrogens is 351 g/mol. The van der Waals surface area contributed by atoms with E-state index in [9.17, 15) is 8.60 Å². The Hall–Kier alpha value is -2.54. The molecular formula is C19H21FN4OS. The maximum Gasteiger partial charge on any atom is 0.152 e. The fraction of sp³-hybridized carbons (Fsp3) is 0.263. The fourth-order valence-electron chi connectivity index (χ4n) is 2.84.